The highest BCUT2D eigenvalue weighted by molar-refractivity contribution is 7.95. The molecule has 2 aliphatic carbocycles. The van der Waals surface area contributed by atoms with Crippen LogP contribution in [-0.2, 0) is 20.6 Å². The van der Waals surface area contributed by atoms with E-state index in [1.54, 1.807) is 18.2 Å². The fraction of sp³-hybridized carbons (Fsp3) is 0.556. The third kappa shape index (κ3) is 2.78. The molecule has 1 aromatic carbocycles. The van der Waals surface area contributed by atoms with Crippen molar-refractivity contribution in [3.05, 3.63) is 41.1 Å². The van der Waals surface area contributed by atoms with Crippen LogP contribution in [0.25, 0.3) is 0 Å². The molecule has 1 N–H and O–H groups in total. The lowest BCUT2D eigenvalue weighted by Gasteiger charge is -2.39. The SMILES string of the molecule is CC1(C)[C@@H]2CC[C@@]1(CS(=O)/C=C/S(=O)(=O)c1ccccc1)[C@H](O)C2. The van der Waals surface area contributed by atoms with E-state index in [1.165, 1.54) is 17.5 Å². The molecule has 4 atom stereocenters. The maximum atomic E-state index is 12.5. The van der Waals surface area contributed by atoms with Crippen molar-refractivity contribution in [2.45, 2.75) is 44.1 Å². The first-order chi connectivity index (χ1) is 11.2. The second-order valence-electron chi connectivity index (χ2n) is 7.52. The fourth-order valence-electron chi connectivity index (χ4n) is 4.51. The largest absolute Gasteiger partial charge is 0.392 e. The summed E-state index contributed by atoms with van der Waals surface area (Å²) in [4.78, 5) is 0.193. The highest BCUT2D eigenvalue weighted by Crippen LogP contribution is 2.65. The number of fused-ring (bicyclic) bond motifs is 2. The lowest BCUT2D eigenvalue weighted by atomic mass is 9.70. The maximum absolute atomic E-state index is 12.5. The van der Waals surface area contributed by atoms with Crippen LogP contribution >= 0.6 is 0 Å². The summed E-state index contributed by atoms with van der Waals surface area (Å²) in [5.41, 5.74) is -0.433. The van der Waals surface area contributed by atoms with Gasteiger partial charge in [-0.05, 0) is 42.7 Å². The van der Waals surface area contributed by atoms with E-state index < -0.39 is 26.7 Å². The van der Waals surface area contributed by atoms with Crippen LogP contribution in [0, 0.1) is 16.7 Å². The van der Waals surface area contributed by atoms with E-state index in [1.807, 2.05) is 0 Å². The van der Waals surface area contributed by atoms with Crippen molar-refractivity contribution >= 4 is 20.6 Å². The molecule has 4 nitrogen and oxygen atoms in total. The van der Waals surface area contributed by atoms with Gasteiger partial charge in [0.25, 0.3) is 0 Å². The van der Waals surface area contributed by atoms with Gasteiger partial charge in [0.1, 0.15) is 0 Å². The zero-order valence-corrected chi connectivity index (χ0v) is 15.6. The number of aliphatic hydroxyl groups is 1. The van der Waals surface area contributed by atoms with Crippen molar-refractivity contribution in [2.75, 3.05) is 5.75 Å². The summed E-state index contributed by atoms with van der Waals surface area (Å²) in [5, 5.41) is 12.8. The highest BCUT2D eigenvalue weighted by atomic mass is 32.2. The number of sulfone groups is 1. The van der Waals surface area contributed by atoms with Gasteiger partial charge in [-0.3, -0.25) is 4.21 Å². The predicted molar refractivity (Wildman–Crippen MR) is 95.3 cm³/mol. The van der Waals surface area contributed by atoms with Gasteiger partial charge in [0.15, 0.2) is 9.84 Å². The molecular weight excluding hydrogens is 344 g/mol. The molecule has 0 saturated heterocycles. The van der Waals surface area contributed by atoms with Gasteiger partial charge in [-0.15, -0.1) is 0 Å². The number of hydrogen-bond donors (Lipinski definition) is 1. The van der Waals surface area contributed by atoms with Crippen molar-refractivity contribution in [1.82, 2.24) is 0 Å². The molecule has 0 radical (unpaired) electrons. The number of hydrogen-bond acceptors (Lipinski definition) is 4. The van der Waals surface area contributed by atoms with Crippen LogP contribution in [0.2, 0.25) is 0 Å². The summed E-state index contributed by atoms with van der Waals surface area (Å²) < 4.78 is 37.0. The van der Waals surface area contributed by atoms with Gasteiger partial charge in [0, 0.05) is 32.8 Å². The summed E-state index contributed by atoms with van der Waals surface area (Å²) >= 11 is 0. The molecule has 2 saturated carbocycles. The van der Waals surface area contributed by atoms with Crippen molar-refractivity contribution in [2.24, 2.45) is 16.7 Å². The number of benzene rings is 1. The Kier molecular flexibility index (Phi) is 4.51. The Hall–Kier alpha value is -0.980. The minimum atomic E-state index is -3.58. The fourth-order valence-corrected chi connectivity index (χ4v) is 7.59. The van der Waals surface area contributed by atoms with E-state index in [4.69, 9.17) is 0 Å². The minimum Gasteiger partial charge on any atom is -0.392 e. The second kappa shape index (κ2) is 6.07. The average Bonchev–Trinajstić information content (AvgIpc) is 2.88. The zero-order valence-electron chi connectivity index (χ0n) is 14.0. The van der Waals surface area contributed by atoms with Crippen LogP contribution in [0.3, 0.4) is 0 Å². The van der Waals surface area contributed by atoms with Gasteiger partial charge in [-0.1, -0.05) is 32.0 Å². The van der Waals surface area contributed by atoms with E-state index in [0.717, 1.165) is 24.7 Å². The molecule has 132 valence electrons. The molecule has 2 fully saturated rings. The van der Waals surface area contributed by atoms with Crippen LogP contribution in [0.5, 0.6) is 0 Å². The second-order valence-corrected chi connectivity index (χ2v) is 10.7. The molecule has 2 bridgehead atoms. The Morgan fingerprint density at radius 2 is 1.96 bits per heavy atom. The Bertz CT molecular complexity index is 767. The number of rotatable bonds is 5. The van der Waals surface area contributed by atoms with Gasteiger partial charge >= 0.3 is 0 Å². The summed E-state index contributed by atoms with van der Waals surface area (Å²) in [5.74, 6) is 0.778. The quantitative estimate of drug-likeness (QED) is 0.867. The monoisotopic (exact) mass is 368 g/mol. The predicted octanol–water partition coefficient (Wildman–Crippen LogP) is 2.87. The smallest absolute Gasteiger partial charge is 0.200 e. The zero-order chi connectivity index (χ0) is 17.6. The van der Waals surface area contributed by atoms with Crippen molar-refractivity contribution in [1.29, 1.82) is 0 Å². The maximum Gasteiger partial charge on any atom is 0.200 e. The van der Waals surface area contributed by atoms with Crippen molar-refractivity contribution in [3.8, 4) is 0 Å². The first-order valence-corrected chi connectivity index (χ1v) is 11.2. The van der Waals surface area contributed by atoms with Gasteiger partial charge in [-0.2, -0.15) is 0 Å². The van der Waals surface area contributed by atoms with Crippen LogP contribution in [0.4, 0.5) is 0 Å². The first kappa shape index (κ1) is 17.8. The van der Waals surface area contributed by atoms with E-state index in [2.05, 4.69) is 13.8 Å². The molecule has 0 spiro atoms. The summed E-state index contributed by atoms with van der Waals surface area (Å²) in [6.07, 6.45) is 2.22. The van der Waals surface area contributed by atoms with Crippen molar-refractivity contribution < 1.29 is 17.7 Å². The molecule has 3 rings (SSSR count). The average molecular weight is 369 g/mol. The Labute approximate surface area is 146 Å². The Morgan fingerprint density at radius 3 is 2.50 bits per heavy atom. The molecule has 1 unspecified atom stereocenters. The third-order valence-corrected chi connectivity index (χ3v) is 9.08. The molecule has 6 heteroatoms. The minimum absolute atomic E-state index is 0.0613. The third-order valence-electron chi connectivity index (χ3n) is 6.25. The van der Waals surface area contributed by atoms with E-state index in [0.29, 0.717) is 11.7 Å². The molecule has 0 heterocycles. The summed E-state index contributed by atoms with van der Waals surface area (Å²) in [6.45, 7) is 4.28. The molecule has 1 aromatic rings. The molecule has 2 aliphatic rings. The van der Waals surface area contributed by atoms with E-state index in [-0.39, 0.29) is 15.7 Å². The van der Waals surface area contributed by atoms with Crippen LogP contribution in [0.1, 0.15) is 33.1 Å². The van der Waals surface area contributed by atoms with E-state index >= 15 is 0 Å². The summed E-state index contributed by atoms with van der Waals surface area (Å²) in [7, 11) is -5.01. The van der Waals surface area contributed by atoms with Crippen molar-refractivity contribution in [3.63, 3.8) is 0 Å². The normalized spacial score (nSPS) is 33.1. The molecule has 24 heavy (non-hydrogen) atoms. The van der Waals surface area contributed by atoms with Crippen LogP contribution in [0.15, 0.2) is 46.0 Å². The van der Waals surface area contributed by atoms with Gasteiger partial charge in [0.2, 0.25) is 0 Å². The van der Waals surface area contributed by atoms with Gasteiger partial charge in [-0.25, -0.2) is 8.42 Å². The molecule has 0 aliphatic heterocycles. The lowest BCUT2D eigenvalue weighted by molar-refractivity contribution is 0.0162. The first-order valence-electron chi connectivity index (χ1n) is 8.23. The number of aliphatic hydroxyl groups excluding tert-OH is 1. The Balaban J connectivity index is 1.77. The van der Waals surface area contributed by atoms with Crippen LogP contribution < -0.4 is 0 Å². The lowest BCUT2D eigenvalue weighted by Crippen LogP contribution is -2.43. The van der Waals surface area contributed by atoms with Crippen LogP contribution in [-0.4, -0.2) is 29.6 Å². The Morgan fingerprint density at radius 1 is 1.29 bits per heavy atom. The van der Waals surface area contributed by atoms with E-state index in [9.17, 15) is 17.7 Å². The van der Waals surface area contributed by atoms with Gasteiger partial charge < -0.3 is 5.11 Å². The molecule has 0 amide bonds. The topological polar surface area (TPSA) is 71.4 Å². The standard InChI is InChI=1S/C18H24O4S2/c1-17(2)14-8-9-18(17,16(19)12-14)13-23(20)10-11-24(21,22)15-6-4-3-5-7-15/h3-7,10-11,14,16,19H,8-9,12-13H2,1-2H3/b11-10+/t14-,16-,18-,23?/m1/s1. The molecular formula is C18H24O4S2. The highest BCUT2D eigenvalue weighted by Gasteiger charge is 2.63. The summed E-state index contributed by atoms with van der Waals surface area (Å²) in [6, 6.07) is 8.11. The molecule has 0 aromatic heterocycles. The van der Waals surface area contributed by atoms with Gasteiger partial charge in [0.05, 0.1) is 11.0 Å².